The van der Waals surface area contributed by atoms with Crippen molar-refractivity contribution in [1.29, 1.82) is 10.5 Å². The number of esters is 3. The van der Waals surface area contributed by atoms with E-state index in [0.717, 1.165) is 34.9 Å². The summed E-state index contributed by atoms with van der Waals surface area (Å²) in [6, 6.07) is 39.0. The number of ether oxygens (including phenoxy) is 3. The molecule has 0 atom stereocenters. The van der Waals surface area contributed by atoms with Gasteiger partial charge in [-0.05, 0) is 42.0 Å². The Morgan fingerprint density at radius 1 is 0.491 bits per heavy atom. The third kappa shape index (κ3) is 8.24. The number of pyridine rings is 3. The van der Waals surface area contributed by atoms with Crippen molar-refractivity contribution in [2.75, 3.05) is 0 Å². The summed E-state index contributed by atoms with van der Waals surface area (Å²) in [7, 11) is 0. The Hall–Kier alpha value is -8.79. The van der Waals surface area contributed by atoms with Crippen LogP contribution >= 0.6 is 0 Å². The zero-order valence-electron chi connectivity index (χ0n) is 29.5. The Balaban J connectivity index is 1.22. The highest BCUT2D eigenvalue weighted by Crippen LogP contribution is 2.32. The minimum atomic E-state index is -1.05. The fourth-order valence-electron chi connectivity index (χ4n) is 5.58. The lowest BCUT2D eigenvalue weighted by atomic mass is 10.1. The molecule has 270 valence electrons. The zero-order valence-corrected chi connectivity index (χ0v) is 29.5. The van der Waals surface area contributed by atoms with Crippen LogP contribution in [0, 0.1) is 29.2 Å². The van der Waals surface area contributed by atoms with Crippen molar-refractivity contribution in [2.45, 2.75) is 0 Å². The van der Waals surface area contributed by atoms with Gasteiger partial charge in [-0.3, -0.25) is 15.0 Å². The molecule has 7 aromatic rings. The molecule has 7 rings (SSSR count). The number of nitrogens with zero attached hydrogens (tertiary/aromatic N) is 6. The summed E-state index contributed by atoms with van der Waals surface area (Å²) >= 11 is 0. The van der Waals surface area contributed by atoms with Gasteiger partial charge in [0.15, 0.2) is 17.2 Å². The van der Waals surface area contributed by atoms with Gasteiger partial charge in [0.25, 0.3) is 0 Å². The molecular weight excluding hydrogens is 721 g/mol. The summed E-state index contributed by atoms with van der Waals surface area (Å²) in [5, 5.41) is 19.8. The highest BCUT2D eigenvalue weighted by molar-refractivity contribution is 6.02. The number of carbonyl (C=O) groups excluding carboxylic acids is 3. The molecule has 0 spiro atoms. The van der Waals surface area contributed by atoms with E-state index < -0.39 is 17.9 Å². The van der Waals surface area contributed by atoms with Crippen molar-refractivity contribution in [1.82, 2.24) is 15.0 Å². The standard InChI is InChI=1S/C45H24N6O6/c1-48-39-22-38(30-15-9-4-10-16-30)51-27-42(39)57-45(54)33-18-31(43(52)55-40-25-49-36(20-34(40)23-46)28-11-5-2-6-12-28)17-32(19-33)44(53)56-41-26-50-37(21-35(41)24-47)29-13-7-3-8-14-29/h2-22,25-27H. The molecule has 0 saturated heterocycles. The molecule has 0 aliphatic rings. The molecule has 12 nitrogen and oxygen atoms in total. The van der Waals surface area contributed by atoms with Crippen LogP contribution in [0.1, 0.15) is 42.2 Å². The summed E-state index contributed by atoms with van der Waals surface area (Å²) < 4.78 is 16.7. The average Bonchev–Trinajstić information content (AvgIpc) is 3.27. The van der Waals surface area contributed by atoms with Crippen LogP contribution in [0.15, 0.2) is 146 Å². The van der Waals surface area contributed by atoms with Crippen LogP contribution in [0.25, 0.3) is 38.6 Å². The molecule has 12 heteroatoms. The van der Waals surface area contributed by atoms with E-state index in [1.165, 1.54) is 36.8 Å². The predicted octanol–water partition coefficient (Wildman–Crippen LogP) is 8.82. The summed E-state index contributed by atoms with van der Waals surface area (Å²) in [6.07, 6.45) is 3.67. The molecule has 0 aliphatic carbocycles. The van der Waals surface area contributed by atoms with E-state index in [1.807, 2.05) is 103 Å². The average molecular weight is 745 g/mol. The lowest BCUT2D eigenvalue weighted by molar-refractivity contribution is 0.0733. The first-order chi connectivity index (χ1) is 27.8. The van der Waals surface area contributed by atoms with Crippen molar-refractivity contribution < 1.29 is 28.6 Å². The quantitative estimate of drug-likeness (QED) is 0.102. The monoisotopic (exact) mass is 744 g/mol. The van der Waals surface area contributed by atoms with Gasteiger partial charge in [-0.15, -0.1) is 0 Å². The molecule has 0 radical (unpaired) electrons. The van der Waals surface area contributed by atoms with E-state index >= 15 is 0 Å². The second kappa shape index (κ2) is 16.5. The first kappa shape index (κ1) is 36.6. The highest BCUT2D eigenvalue weighted by Gasteiger charge is 2.23. The second-order valence-corrected chi connectivity index (χ2v) is 12.1. The fourth-order valence-corrected chi connectivity index (χ4v) is 5.58. The van der Waals surface area contributed by atoms with Crippen molar-refractivity contribution >= 4 is 23.6 Å². The van der Waals surface area contributed by atoms with Crippen LogP contribution in [0.2, 0.25) is 0 Å². The Morgan fingerprint density at radius 2 is 0.825 bits per heavy atom. The number of aromatic nitrogens is 3. The molecule has 3 heterocycles. The van der Waals surface area contributed by atoms with Gasteiger partial charge in [0, 0.05) is 11.1 Å². The summed E-state index contributed by atoms with van der Waals surface area (Å²) in [5.41, 5.74) is 2.71. The first-order valence-electron chi connectivity index (χ1n) is 17.0. The van der Waals surface area contributed by atoms with Crippen LogP contribution in [0.5, 0.6) is 17.2 Å². The van der Waals surface area contributed by atoms with Crippen molar-refractivity contribution in [3.63, 3.8) is 0 Å². The van der Waals surface area contributed by atoms with Gasteiger partial charge in [-0.25, -0.2) is 19.2 Å². The predicted molar refractivity (Wildman–Crippen MR) is 206 cm³/mol. The molecule has 0 fully saturated rings. The molecule has 0 amide bonds. The van der Waals surface area contributed by atoms with Crippen LogP contribution in [-0.2, 0) is 0 Å². The minimum absolute atomic E-state index is 0.000932. The van der Waals surface area contributed by atoms with Crippen LogP contribution in [-0.4, -0.2) is 32.9 Å². The maximum atomic E-state index is 13.7. The SMILES string of the molecule is [C-]#[N+]c1cc(-c2ccccc2)ncc1OC(=O)c1cc(C(=O)Oc2cnc(-c3ccccc3)cc2C#N)cc(C(=O)Oc2cnc(-c3ccccc3)cc2C#N)c1. The third-order valence-corrected chi connectivity index (χ3v) is 8.40. The van der Waals surface area contributed by atoms with Gasteiger partial charge in [0.05, 0.1) is 70.1 Å². The van der Waals surface area contributed by atoms with Gasteiger partial charge in [-0.2, -0.15) is 10.5 Å². The number of hydrogen-bond donors (Lipinski definition) is 0. The van der Waals surface area contributed by atoms with E-state index in [0.29, 0.717) is 17.1 Å². The minimum Gasteiger partial charge on any atom is -0.433 e. The molecule has 3 aromatic heterocycles. The Kier molecular flexibility index (Phi) is 10.6. The molecule has 0 unspecified atom stereocenters. The zero-order chi connectivity index (χ0) is 39.7. The largest absolute Gasteiger partial charge is 0.433 e. The van der Waals surface area contributed by atoms with Gasteiger partial charge in [0.2, 0.25) is 5.69 Å². The number of benzene rings is 4. The third-order valence-electron chi connectivity index (χ3n) is 8.40. The van der Waals surface area contributed by atoms with E-state index in [4.69, 9.17) is 20.8 Å². The normalized spacial score (nSPS) is 10.3. The summed E-state index contributed by atoms with van der Waals surface area (Å²) in [5.74, 6) is -3.66. The Labute approximate surface area is 325 Å². The molecule has 0 N–H and O–H groups in total. The summed E-state index contributed by atoms with van der Waals surface area (Å²) in [4.78, 5) is 57.6. The molecular formula is C45H24N6O6. The first-order valence-corrected chi connectivity index (χ1v) is 17.0. The lowest BCUT2D eigenvalue weighted by Crippen LogP contribution is -2.17. The van der Waals surface area contributed by atoms with Crippen molar-refractivity contribution in [3.05, 3.63) is 185 Å². The smallest absolute Gasteiger partial charge is 0.343 e. The fraction of sp³-hybridized carbons (Fsp3) is 0. The molecule has 57 heavy (non-hydrogen) atoms. The summed E-state index contributed by atoms with van der Waals surface area (Å²) in [6.45, 7) is 7.70. The van der Waals surface area contributed by atoms with E-state index in [9.17, 15) is 24.9 Å². The van der Waals surface area contributed by atoms with Gasteiger partial charge >= 0.3 is 17.9 Å². The molecule has 0 saturated carbocycles. The number of hydrogen-bond acceptors (Lipinski definition) is 11. The molecule has 0 aliphatic heterocycles. The van der Waals surface area contributed by atoms with Crippen LogP contribution in [0.4, 0.5) is 5.69 Å². The maximum absolute atomic E-state index is 13.7. The Bertz CT molecular complexity index is 2490. The van der Waals surface area contributed by atoms with Crippen LogP contribution in [0.3, 0.4) is 0 Å². The maximum Gasteiger partial charge on any atom is 0.343 e. The number of nitriles is 2. The van der Waals surface area contributed by atoms with E-state index in [-0.39, 0.29) is 50.8 Å². The topological polar surface area (TPSA) is 170 Å². The Morgan fingerprint density at radius 3 is 1.18 bits per heavy atom. The van der Waals surface area contributed by atoms with Gasteiger partial charge < -0.3 is 14.2 Å². The van der Waals surface area contributed by atoms with Crippen molar-refractivity contribution in [3.8, 4) is 63.2 Å². The van der Waals surface area contributed by atoms with Gasteiger partial charge in [-0.1, -0.05) is 91.0 Å². The highest BCUT2D eigenvalue weighted by atomic mass is 16.5. The second-order valence-electron chi connectivity index (χ2n) is 12.1. The van der Waals surface area contributed by atoms with E-state index in [2.05, 4.69) is 19.8 Å². The van der Waals surface area contributed by atoms with Gasteiger partial charge in [0.1, 0.15) is 12.1 Å². The van der Waals surface area contributed by atoms with E-state index in [1.54, 1.807) is 0 Å². The van der Waals surface area contributed by atoms with Crippen molar-refractivity contribution in [2.24, 2.45) is 0 Å². The molecule has 4 aromatic carbocycles. The number of carbonyl (C=O) groups is 3. The lowest BCUT2D eigenvalue weighted by Gasteiger charge is -2.12. The number of rotatable bonds is 9. The van der Waals surface area contributed by atoms with Crippen LogP contribution < -0.4 is 14.2 Å². The molecule has 0 bridgehead atoms.